The maximum atomic E-state index is 6.12. The number of fused-ring (bicyclic) bond motifs is 5. The van der Waals surface area contributed by atoms with Gasteiger partial charge < -0.3 is 8.83 Å². The lowest BCUT2D eigenvalue weighted by molar-refractivity contribution is 0.619. The number of hydrogen-bond donors (Lipinski definition) is 0. The van der Waals surface area contributed by atoms with E-state index >= 15 is 0 Å². The summed E-state index contributed by atoms with van der Waals surface area (Å²) in [4.78, 5) is 18.5. The first-order chi connectivity index (χ1) is 22.0. The average molecular weight is 583 g/mol. The van der Waals surface area contributed by atoms with Gasteiger partial charge in [-0.1, -0.05) is 74.5 Å². The van der Waals surface area contributed by atoms with Gasteiger partial charge in [-0.2, -0.15) is 9.97 Å². The molecule has 0 bridgehead atoms. The topological polar surface area (TPSA) is 77.8 Å². The molecule has 0 radical (unpaired) electrons. The standard InChI is InChI=1S/C39H26N4O2/c1-39(2)31-17-25(27-19-33-35(40-21-27)42-37(44-33)23-9-5-3-6-10-23)13-15-29(31)30-16-14-26(18-32(30)39)28-20-34-36(41-22-28)43-38(45-34)24-11-7-4-8-12-24/h3-22H,1-2H3. The molecule has 9 rings (SSSR count). The summed E-state index contributed by atoms with van der Waals surface area (Å²) in [6, 6.07) is 37.3. The number of aromatic nitrogens is 4. The van der Waals surface area contributed by atoms with Crippen molar-refractivity contribution < 1.29 is 8.83 Å². The molecular weight excluding hydrogens is 556 g/mol. The molecule has 0 aliphatic heterocycles. The molecule has 0 fully saturated rings. The van der Waals surface area contributed by atoms with E-state index in [2.05, 4.69) is 70.2 Å². The van der Waals surface area contributed by atoms with Gasteiger partial charge in [-0.25, -0.2) is 9.97 Å². The Labute approximate surface area is 259 Å². The van der Waals surface area contributed by atoms with Crippen LogP contribution in [0.3, 0.4) is 0 Å². The van der Waals surface area contributed by atoms with Crippen molar-refractivity contribution in [1.82, 2.24) is 19.9 Å². The van der Waals surface area contributed by atoms with Gasteiger partial charge in [-0.15, -0.1) is 0 Å². The molecule has 0 spiro atoms. The van der Waals surface area contributed by atoms with E-state index in [1.165, 1.54) is 22.3 Å². The van der Waals surface area contributed by atoms with E-state index < -0.39 is 0 Å². The van der Waals surface area contributed by atoms with E-state index in [-0.39, 0.29) is 5.41 Å². The molecule has 0 atom stereocenters. The quantitative estimate of drug-likeness (QED) is 0.206. The number of rotatable bonds is 4. The first-order valence-electron chi connectivity index (χ1n) is 15.0. The first kappa shape index (κ1) is 25.6. The molecule has 4 aromatic heterocycles. The van der Waals surface area contributed by atoms with Crippen LogP contribution in [0.25, 0.3) is 78.7 Å². The van der Waals surface area contributed by atoms with E-state index in [1.807, 2.05) is 85.2 Å². The van der Waals surface area contributed by atoms with Crippen LogP contribution in [-0.2, 0) is 5.41 Å². The molecule has 45 heavy (non-hydrogen) atoms. The largest absolute Gasteiger partial charge is 0.434 e. The monoisotopic (exact) mass is 582 g/mol. The average Bonchev–Trinajstić information content (AvgIpc) is 3.77. The summed E-state index contributed by atoms with van der Waals surface area (Å²) in [5.41, 5.74) is 13.5. The lowest BCUT2D eigenvalue weighted by Gasteiger charge is -2.22. The van der Waals surface area contributed by atoms with Gasteiger partial charge in [0.05, 0.1) is 0 Å². The highest BCUT2D eigenvalue weighted by Crippen LogP contribution is 2.50. The zero-order chi connectivity index (χ0) is 30.1. The Morgan fingerprint density at radius 1 is 0.467 bits per heavy atom. The summed E-state index contributed by atoms with van der Waals surface area (Å²) in [7, 11) is 0. The summed E-state index contributed by atoms with van der Waals surface area (Å²) in [6.07, 6.45) is 3.76. The Morgan fingerprint density at radius 3 is 1.36 bits per heavy atom. The fourth-order valence-electron chi connectivity index (χ4n) is 6.46. The van der Waals surface area contributed by atoms with Crippen molar-refractivity contribution in [2.45, 2.75) is 19.3 Å². The predicted octanol–water partition coefficient (Wildman–Crippen LogP) is 9.73. The molecular formula is C39H26N4O2. The fraction of sp³-hybridized carbons (Fsp3) is 0.0769. The number of oxazole rings is 2. The van der Waals surface area contributed by atoms with Crippen LogP contribution in [0.15, 0.2) is 130 Å². The van der Waals surface area contributed by atoms with Crippen molar-refractivity contribution in [2.75, 3.05) is 0 Å². The SMILES string of the molecule is CC1(C)c2cc(-c3cnc4nc(-c5ccccc5)oc4c3)ccc2-c2ccc(-c3cnc4nc(-c5ccccc5)oc4c3)cc21. The minimum absolute atomic E-state index is 0.203. The van der Waals surface area contributed by atoms with E-state index in [0.29, 0.717) is 34.2 Å². The second-order valence-electron chi connectivity index (χ2n) is 12.0. The number of benzene rings is 4. The van der Waals surface area contributed by atoms with Crippen molar-refractivity contribution in [3.05, 3.63) is 133 Å². The molecule has 6 heteroatoms. The highest BCUT2D eigenvalue weighted by Gasteiger charge is 2.36. The van der Waals surface area contributed by atoms with Gasteiger partial charge in [0.15, 0.2) is 22.5 Å². The Hall–Kier alpha value is -5.88. The van der Waals surface area contributed by atoms with Crippen molar-refractivity contribution in [3.63, 3.8) is 0 Å². The molecule has 4 heterocycles. The van der Waals surface area contributed by atoms with Crippen LogP contribution >= 0.6 is 0 Å². The minimum Gasteiger partial charge on any atom is -0.434 e. The lowest BCUT2D eigenvalue weighted by atomic mass is 9.81. The maximum Gasteiger partial charge on any atom is 0.228 e. The van der Waals surface area contributed by atoms with Crippen LogP contribution in [0.2, 0.25) is 0 Å². The highest BCUT2D eigenvalue weighted by atomic mass is 16.4. The summed E-state index contributed by atoms with van der Waals surface area (Å²) in [6.45, 7) is 4.58. The summed E-state index contributed by atoms with van der Waals surface area (Å²) >= 11 is 0. The van der Waals surface area contributed by atoms with E-state index in [4.69, 9.17) is 8.83 Å². The normalized spacial score (nSPS) is 13.3. The second-order valence-corrected chi connectivity index (χ2v) is 12.0. The van der Waals surface area contributed by atoms with Crippen LogP contribution in [0.4, 0.5) is 0 Å². The molecule has 0 N–H and O–H groups in total. The van der Waals surface area contributed by atoms with Gasteiger partial charge in [0.25, 0.3) is 0 Å². The number of hydrogen-bond acceptors (Lipinski definition) is 6. The second kappa shape index (κ2) is 9.56. The van der Waals surface area contributed by atoms with Crippen LogP contribution in [-0.4, -0.2) is 19.9 Å². The third kappa shape index (κ3) is 4.10. The number of pyridine rings is 2. The zero-order valence-electron chi connectivity index (χ0n) is 24.7. The predicted molar refractivity (Wildman–Crippen MR) is 176 cm³/mol. The van der Waals surface area contributed by atoms with Gasteiger partial charge in [0.2, 0.25) is 11.8 Å². The van der Waals surface area contributed by atoms with Gasteiger partial charge >= 0.3 is 0 Å². The zero-order valence-corrected chi connectivity index (χ0v) is 24.7. The van der Waals surface area contributed by atoms with Crippen LogP contribution in [0.1, 0.15) is 25.0 Å². The molecule has 1 aliphatic rings. The summed E-state index contributed by atoms with van der Waals surface area (Å²) in [5.74, 6) is 1.15. The molecule has 0 saturated heterocycles. The molecule has 6 nitrogen and oxygen atoms in total. The third-order valence-corrected chi connectivity index (χ3v) is 8.88. The molecule has 0 amide bonds. The van der Waals surface area contributed by atoms with E-state index in [9.17, 15) is 0 Å². The van der Waals surface area contributed by atoms with E-state index in [1.54, 1.807) is 0 Å². The Kier molecular flexibility index (Phi) is 5.44. The number of nitrogens with zero attached hydrogens (tertiary/aromatic N) is 4. The van der Waals surface area contributed by atoms with Crippen molar-refractivity contribution in [3.8, 4) is 56.3 Å². The molecule has 0 unspecified atom stereocenters. The van der Waals surface area contributed by atoms with Crippen LogP contribution in [0, 0.1) is 0 Å². The smallest absolute Gasteiger partial charge is 0.228 e. The highest BCUT2D eigenvalue weighted by molar-refractivity contribution is 5.87. The van der Waals surface area contributed by atoms with Gasteiger partial charge in [-0.05, 0) is 81.9 Å². The van der Waals surface area contributed by atoms with Crippen molar-refractivity contribution in [2.24, 2.45) is 0 Å². The molecule has 0 saturated carbocycles. The van der Waals surface area contributed by atoms with Gasteiger partial charge in [0, 0.05) is 40.1 Å². The third-order valence-electron chi connectivity index (χ3n) is 8.88. The fourth-order valence-corrected chi connectivity index (χ4v) is 6.46. The van der Waals surface area contributed by atoms with Crippen molar-refractivity contribution >= 4 is 22.5 Å². The maximum absolute atomic E-state index is 6.12. The first-order valence-corrected chi connectivity index (χ1v) is 15.0. The summed E-state index contributed by atoms with van der Waals surface area (Å²) < 4.78 is 12.2. The minimum atomic E-state index is -0.203. The summed E-state index contributed by atoms with van der Waals surface area (Å²) in [5, 5.41) is 0. The molecule has 4 aromatic carbocycles. The van der Waals surface area contributed by atoms with Gasteiger partial charge in [0.1, 0.15) is 0 Å². The van der Waals surface area contributed by atoms with Crippen molar-refractivity contribution in [1.29, 1.82) is 0 Å². The van der Waals surface area contributed by atoms with E-state index in [0.717, 1.165) is 33.4 Å². The molecule has 214 valence electrons. The molecule has 8 aromatic rings. The Bertz CT molecular complexity index is 2240. The molecule has 1 aliphatic carbocycles. The Balaban J connectivity index is 1.06. The van der Waals surface area contributed by atoms with Gasteiger partial charge in [-0.3, -0.25) is 0 Å². The lowest BCUT2D eigenvalue weighted by Crippen LogP contribution is -2.15. The van der Waals surface area contributed by atoms with Crippen LogP contribution in [0.5, 0.6) is 0 Å². The Morgan fingerprint density at radius 2 is 0.911 bits per heavy atom. The van der Waals surface area contributed by atoms with Crippen LogP contribution < -0.4 is 0 Å².